The Hall–Kier alpha value is -1.26. The fraction of sp³-hybridized carbons (Fsp3) is 0.533. The van der Waals surface area contributed by atoms with Gasteiger partial charge < -0.3 is 15.8 Å². The van der Waals surface area contributed by atoms with Crippen molar-refractivity contribution in [1.82, 2.24) is 5.32 Å². The van der Waals surface area contributed by atoms with E-state index in [1.807, 2.05) is 45.0 Å². The van der Waals surface area contributed by atoms with Crippen LogP contribution in [0.4, 0.5) is 0 Å². The van der Waals surface area contributed by atoms with E-state index in [0.717, 1.165) is 17.7 Å². The van der Waals surface area contributed by atoms with Crippen LogP contribution >= 0.6 is 12.4 Å². The third-order valence-corrected chi connectivity index (χ3v) is 2.72. The molecule has 1 amide bonds. The zero-order valence-electron chi connectivity index (χ0n) is 12.4. The molecule has 0 saturated heterocycles. The summed E-state index contributed by atoms with van der Waals surface area (Å²) in [5.74, 6) is 0.697. The van der Waals surface area contributed by atoms with Crippen molar-refractivity contribution < 1.29 is 9.53 Å². The van der Waals surface area contributed by atoms with E-state index in [-0.39, 0.29) is 24.4 Å². The molecular formula is C15H25ClN2O2. The smallest absolute Gasteiger partial charge is 0.237 e. The van der Waals surface area contributed by atoms with E-state index in [9.17, 15) is 4.79 Å². The maximum atomic E-state index is 11.8. The van der Waals surface area contributed by atoms with Gasteiger partial charge in [-0.25, -0.2) is 0 Å². The highest BCUT2D eigenvalue weighted by Gasteiger charge is 2.12. The van der Waals surface area contributed by atoms with Gasteiger partial charge in [0, 0.05) is 12.1 Å². The Kier molecular flexibility index (Phi) is 9.01. The molecule has 0 aliphatic carbocycles. The molecule has 3 N–H and O–H groups in total. The van der Waals surface area contributed by atoms with E-state index in [1.54, 1.807) is 0 Å². The number of hydrogen-bond donors (Lipinski definition) is 2. The summed E-state index contributed by atoms with van der Waals surface area (Å²) in [4.78, 5) is 11.8. The van der Waals surface area contributed by atoms with Crippen LogP contribution in [-0.2, 0) is 11.3 Å². The van der Waals surface area contributed by atoms with Crippen LogP contribution in [0.25, 0.3) is 0 Å². The van der Waals surface area contributed by atoms with Crippen molar-refractivity contribution in [2.24, 2.45) is 5.73 Å². The Bertz CT molecular complexity index is 411. The summed E-state index contributed by atoms with van der Waals surface area (Å²) >= 11 is 0. The lowest BCUT2D eigenvalue weighted by Gasteiger charge is -2.16. The molecule has 0 aromatic heterocycles. The highest BCUT2D eigenvalue weighted by atomic mass is 35.5. The number of carbonyl (C=O) groups is 1. The molecule has 20 heavy (non-hydrogen) atoms. The quantitative estimate of drug-likeness (QED) is 0.813. The fourth-order valence-corrected chi connectivity index (χ4v) is 1.77. The summed E-state index contributed by atoms with van der Waals surface area (Å²) in [6, 6.07) is 7.28. The Morgan fingerprint density at radius 2 is 2.00 bits per heavy atom. The fourth-order valence-electron chi connectivity index (χ4n) is 1.77. The summed E-state index contributed by atoms with van der Waals surface area (Å²) in [5, 5.41) is 2.85. The van der Waals surface area contributed by atoms with Gasteiger partial charge in [-0.2, -0.15) is 0 Å². The van der Waals surface area contributed by atoms with E-state index in [0.29, 0.717) is 13.0 Å². The number of amides is 1. The normalized spacial score (nSPS) is 11.7. The second kappa shape index (κ2) is 9.61. The van der Waals surface area contributed by atoms with Gasteiger partial charge in [-0.1, -0.05) is 31.5 Å². The summed E-state index contributed by atoms with van der Waals surface area (Å²) in [5.41, 5.74) is 6.73. The summed E-state index contributed by atoms with van der Waals surface area (Å²) < 4.78 is 5.70. The second-order valence-electron chi connectivity index (χ2n) is 4.89. The average molecular weight is 301 g/mol. The molecule has 0 saturated carbocycles. The topological polar surface area (TPSA) is 64.4 Å². The zero-order valence-corrected chi connectivity index (χ0v) is 13.2. The number of benzene rings is 1. The predicted octanol–water partition coefficient (Wildman–Crippen LogP) is 2.64. The van der Waals surface area contributed by atoms with Crippen molar-refractivity contribution in [3.8, 4) is 5.75 Å². The van der Waals surface area contributed by atoms with Gasteiger partial charge in [0.2, 0.25) is 5.91 Å². The molecule has 0 heterocycles. The molecular weight excluding hydrogens is 276 g/mol. The van der Waals surface area contributed by atoms with E-state index < -0.39 is 6.04 Å². The van der Waals surface area contributed by atoms with Gasteiger partial charge in [-0.05, 0) is 26.3 Å². The van der Waals surface area contributed by atoms with Crippen LogP contribution in [0.5, 0.6) is 5.75 Å². The van der Waals surface area contributed by atoms with Gasteiger partial charge in [0.15, 0.2) is 0 Å². The first kappa shape index (κ1) is 18.7. The molecule has 0 aliphatic heterocycles. The maximum absolute atomic E-state index is 11.8. The predicted molar refractivity (Wildman–Crippen MR) is 84.2 cm³/mol. The number of carbonyl (C=O) groups excluding carboxylic acids is 1. The van der Waals surface area contributed by atoms with Crippen molar-refractivity contribution in [1.29, 1.82) is 0 Å². The molecule has 0 bridgehead atoms. The number of halogens is 1. The van der Waals surface area contributed by atoms with Crippen LogP contribution in [0.2, 0.25) is 0 Å². The SMILES string of the molecule is CCCC(N)C(=O)NCc1ccccc1OC(C)C.Cl. The molecule has 114 valence electrons. The van der Waals surface area contributed by atoms with Crippen molar-refractivity contribution in [3.63, 3.8) is 0 Å². The minimum atomic E-state index is -0.428. The monoisotopic (exact) mass is 300 g/mol. The molecule has 1 aromatic carbocycles. The first-order chi connectivity index (χ1) is 9.04. The Balaban J connectivity index is 0.00000361. The number of ether oxygens (including phenoxy) is 1. The molecule has 1 atom stereocenters. The first-order valence-corrected chi connectivity index (χ1v) is 6.82. The molecule has 1 rings (SSSR count). The van der Waals surface area contributed by atoms with Gasteiger partial charge in [0.1, 0.15) is 5.75 Å². The van der Waals surface area contributed by atoms with Crippen LogP contribution < -0.4 is 15.8 Å². The number of nitrogens with two attached hydrogens (primary N) is 1. The summed E-state index contributed by atoms with van der Waals surface area (Å²) in [6.45, 7) is 6.41. The van der Waals surface area contributed by atoms with E-state index >= 15 is 0 Å². The Labute approximate surface area is 127 Å². The lowest BCUT2D eigenvalue weighted by Crippen LogP contribution is -2.40. The lowest BCUT2D eigenvalue weighted by atomic mass is 10.1. The molecule has 0 aliphatic rings. The number of rotatable bonds is 7. The van der Waals surface area contributed by atoms with Gasteiger partial charge in [0.25, 0.3) is 0 Å². The highest BCUT2D eigenvalue weighted by molar-refractivity contribution is 5.85. The molecule has 0 spiro atoms. The van der Waals surface area contributed by atoms with Crippen LogP contribution in [0.1, 0.15) is 39.2 Å². The first-order valence-electron chi connectivity index (χ1n) is 6.82. The second-order valence-corrected chi connectivity index (χ2v) is 4.89. The minimum absolute atomic E-state index is 0. The highest BCUT2D eigenvalue weighted by Crippen LogP contribution is 2.19. The minimum Gasteiger partial charge on any atom is -0.491 e. The lowest BCUT2D eigenvalue weighted by molar-refractivity contribution is -0.122. The van der Waals surface area contributed by atoms with Gasteiger partial charge in [0.05, 0.1) is 12.1 Å². The molecule has 1 unspecified atom stereocenters. The van der Waals surface area contributed by atoms with Crippen LogP contribution in [0, 0.1) is 0 Å². The number of para-hydroxylation sites is 1. The third-order valence-electron chi connectivity index (χ3n) is 2.72. The Morgan fingerprint density at radius 3 is 2.60 bits per heavy atom. The summed E-state index contributed by atoms with van der Waals surface area (Å²) in [7, 11) is 0. The molecule has 0 fully saturated rings. The van der Waals surface area contributed by atoms with E-state index in [4.69, 9.17) is 10.5 Å². The van der Waals surface area contributed by atoms with Crippen molar-refractivity contribution in [2.45, 2.75) is 52.3 Å². The maximum Gasteiger partial charge on any atom is 0.237 e. The van der Waals surface area contributed by atoms with Crippen molar-refractivity contribution >= 4 is 18.3 Å². The number of nitrogens with one attached hydrogen (secondary N) is 1. The number of hydrogen-bond acceptors (Lipinski definition) is 3. The summed E-state index contributed by atoms with van der Waals surface area (Å²) in [6.07, 6.45) is 1.72. The average Bonchev–Trinajstić information content (AvgIpc) is 2.37. The third kappa shape index (κ3) is 6.26. The largest absolute Gasteiger partial charge is 0.491 e. The molecule has 5 heteroatoms. The van der Waals surface area contributed by atoms with Crippen LogP contribution in [0.3, 0.4) is 0 Å². The van der Waals surface area contributed by atoms with Crippen LogP contribution in [0.15, 0.2) is 24.3 Å². The molecule has 0 radical (unpaired) electrons. The molecule has 4 nitrogen and oxygen atoms in total. The Morgan fingerprint density at radius 1 is 1.35 bits per heavy atom. The van der Waals surface area contributed by atoms with Gasteiger partial charge in [-0.15, -0.1) is 12.4 Å². The van der Waals surface area contributed by atoms with E-state index in [1.165, 1.54) is 0 Å². The van der Waals surface area contributed by atoms with Crippen LogP contribution in [-0.4, -0.2) is 18.1 Å². The van der Waals surface area contributed by atoms with Gasteiger partial charge in [-0.3, -0.25) is 4.79 Å². The van der Waals surface area contributed by atoms with E-state index in [2.05, 4.69) is 5.32 Å². The van der Waals surface area contributed by atoms with Crippen molar-refractivity contribution in [2.75, 3.05) is 0 Å². The zero-order chi connectivity index (χ0) is 14.3. The molecule has 1 aromatic rings. The van der Waals surface area contributed by atoms with Crippen molar-refractivity contribution in [3.05, 3.63) is 29.8 Å². The van der Waals surface area contributed by atoms with Gasteiger partial charge >= 0.3 is 0 Å². The standard InChI is InChI=1S/C15H24N2O2.ClH/c1-4-7-13(16)15(18)17-10-12-8-5-6-9-14(12)19-11(2)3;/h5-6,8-9,11,13H,4,7,10,16H2,1-3H3,(H,17,18);1H.